The van der Waals surface area contributed by atoms with E-state index in [-0.39, 0.29) is 34.0 Å². The van der Waals surface area contributed by atoms with Crippen molar-refractivity contribution < 1.29 is 30.0 Å². The van der Waals surface area contributed by atoms with Crippen molar-refractivity contribution in [1.82, 2.24) is 0 Å². The molecule has 0 fully saturated rings. The maximum absolute atomic E-state index is 11.4. The van der Waals surface area contributed by atoms with Crippen molar-refractivity contribution in [3.8, 4) is 11.5 Å². The van der Waals surface area contributed by atoms with E-state index in [1.807, 2.05) is 0 Å². The number of hydrogen-bond donors (Lipinski definition) is 4. The number of aromatic carboxylic acids is 2. The van der Waals surface area contributed by atoms with Gasteiger partial charge in [0.15, 0.2) is 0 Å². The smallest absolute Gasteiger partial charge is 0.337 e. The molecule has 0 aromatic heterocycles. The van der Waals surface area contributed by atoms with Gasteiger partial charge >= 0.3 is 11.9 Å². The summed E-state index contributed by atoms with van der Waals surface area (Å²) >= 11 is 0. The SMILES string of the molecule is O=C(O)c1ccccc1N=Cc1cc(N=Nc2cccc(N=Nc3ccc(O)c(C=Nc4ccccc4C(=O)O)c3)c2)ccc1O. The third kappa shape index (κ3) is 7.76. The van der Waals surface area contributed by atoms with E-state index in [1.54, 1.807) is 84.9 Å². The Morgan fingerprint density at radius 2 is 0.870 bits per heavy atom. The Labute approximate surface area is 261 Å². The number of carboxylic acids is 2. The van der Waals surface area contributed by atoms with Gasteiger partial charge in [-0.05, 0) is 78.9 Å². The summed E-state index contributed by atoms with van der Waals surface area (Å²) in [6, 6.07) is 28.5. The first-order chi connectivity index (χ1) is 22.3. The maximum atomic E-state index is 11.4. The van der Waals surface area contributed by atoms with E-state index < -0.39 is 11.9 Å². The summed E-state index contributed by atoms with van der Waals surface area (Å²) in [5, 5.41) is 56.2. The molecule has 0 radical (unpaired) electrons. The highest BCUT2D eigenvalue weighted by Gasteiger charge is 2.09. The molecule has 5 aromatic rings. The molecule has 0 unspecified atom stereocenters. The lowest BCUT2D eigenvalue weighted by Gasteiger charge is -2.02. The Balaban J connectivity index is 1.30. The summed E-state index contributed by atoms with van der Waals surface area (Å²) in [4.78, 5) is 31.3. The molecular weight excluding hydrogens is 588 g/mol. The number of benzene rings is 5. The predicted octanol–water partition coefficient (Wildman–Crippen LogP) is 8.83. The summed E-state index contributed by atoms with van der Waals surface area (Å²) in [7, 11) is 0. The normalized spacial score (nSPS) is 11.7. The van der Waals surface area contributed by atoms with Crippen LogP contribution in [0.1, 0.15) is 31.8 Å². The summed E-state index contributed by atoms with van der Waals surface area (Å²) in [6.45, 7) is 0. The minimum atomic E-state index is -1.11. The van der Waals surface area contributed by atoms with E-state index in [1.165, 1.54) is 36.7 Å². The number of azo groups is 2. The second-order valence-corrected chi connectivity index (χ2v) is 9.57. The fourth-order valence-electron chi connectivity index (χ4n) is 4.08. The molecule has 5 rings (SSSR count). The lowest BCUT2D eigenvalue weighted by molar-refractivity contribution is 0.0687. The largest absolute Gasteiger partial charge is 0.507 e. The minimum Gasteiger partial charge on any atom is -0.507 e. The molecular formula is C34H24N6O6. The molecule has 5 aromatic carbocycles. The number of para-hydroxylation sites is 2. The molecule has 0 heterocycles. The van der Waals surface area contributed by atoms with Crippen LogP contribution in [0.3, 0.4) is 0 Å². The summed E-state index contributed by atoms with van der Waals surface area (Å²) in [6.07, 6.45) is 2.71. The molecule has 46 heavy (non-hydrogen) atoms. The van der Waals surface area contributed by atoms with Crippen LogP contribution in [0, 0.1) is 0 Å². The van der Waals surface area contributed by atoms with E-state index in [2.05, 4.69) is 30.4 Å². The standard InChI is InChI=1S/C34H24N6O6/c41-31-14-12-25(16-21(31)19-35-29-10-3-1-8-27(29)33(43)44)39-37-23-6-5-7-24(18-23)38-40-26-13-15-32(42)22(17-26)20-36-30-11-4-2-9-28(30)34(45)46/h1-20,41-42H,(H,43,44)(H,45,46). The molecule has 226 valence electrons. The topological polar surface area (TPSA) is 189 Å². The number of nitrogens with zero attached hydrogens (tertiary/aromatic N) is 6. The molecule has 0 aliphatic rings. The van der Waals surface area contributed by atoms with Crippen LogP contribution in [0.5, 0.6) is 11.5 Å². The Kier molecular flexibility index (Phi) is 9.39. The number of carbonyl (C=O) groups is 2. The van der Waals surface area contributed by atoms with Crippen LogP contribution in [-0.4, -0.2) is 44.8 Å². The zero-order valence-electron chi connectivity index (χ0n) is 23.8. The molecule has 0 spiro atoms. The minimum absolute atomic E-state index is 0.0324. The molecule has 0 amide bonds. The maximum Gasteiger partial charge on any atom is 0.337 e. The highest BCUT2D eigenvalue weighted by molar-refractivity contribution is 5.96. The third-order valence-electron chi connectivity index (χ3n) is 6.37. The van der Waals surface area contributed by atoms with Gasteiger partial charge in [-0.25, -0.2) is 9.59 Å². The van der Waals surface area contributed by atoms with E-state index in [9.17, 15) is 30.0 Å². The second kappa shape index (κ2) is 14.1. The number of rotatable bonds is 10. The predicted molar refractivity (Wildman–Crippen MR) is 172 cm³/mol. The molecule has 0 aliphatic heterocycles. The van der Waals surface area contributed by atoms with Gasteiger partial charge in [0.2, 0.25) is 0 Å². The van der Waals surface area contributed by atoms with Gasteiger partial charge in [0.25, 0.3) is 0 Å². The quantitative estimate of drug-likeness (QED) is 0.0899. The van der Waals surface area contributed by atoms with Gasteiger partial charge < -0.3 is 20.4 Å². The zero-order chi connectivity index (χ0) is 32.5. The van der Waals surface area contributed by atoms with Crippen LogP contribution in [0.15, 0.2) is 140 Å². The molecule has 0 aliphatic carbocycles. The monoisotopic (exact) mass is 612 g/mol. The zero-order valence-corrected chi connectivity index (χ0v) is 23.8. The van der Waals surface area contributed by atoms with Crippen LogP contribution < -0.4 is 0 Å². The fraction of sp³-hybridized carbons (Fsp3) is 0. The van der Waals surface area contributed by atoms with Crippen LogP contribution in [0.4, 0.5) is 34.1 Å². The van der Waals surface area contributed by atoms with Crippen LogP contribution in [0.2, 0.25) is 0 Å². The van der Waals surface area contributed by atoms with Crippen molar-refractivity contribution in [2.75, 3.05) is 0 Å². The Hall–Kier alpha value is -6.82. The van der Waals surface area contributed by atoms with Crippen molar-refractivity contribution in [2.24, 2.45) is 30.4 Å². The van der Waals surface area contributed by atoms with E-state index in [4.69, 9.17) is 0 Å². The Bertz CT molecular complexity index is 1910. The lowest BCUT2D eigenvalue weighted by atomic mass is 10.1. The highest BCUT2D eigenvalue weighted by Crippen LogP contribution is 2.29. The van der Waals surface area contributed by atoms with Gasteiger partial charge in [-0.3, -0.25) is 9.98 Å². The first kappa shape index (κ1) is 30.6. The van der Waals surface area contributed by atoms with Gasteiger partial charge in [-0.2, -0.15) is 20.5 Å². The number of hydrogen-bond acceptors (Lipinski definition) is 10. The molecule has 4 N–H and O–H groups in total. The van der Waals surface area contributed by atoms with Crippen molar-refractivity contribution in [2.45, 2.75) is 0 Å². The number of phenolic OH excluding ortho intramolecular Hbond substituents is 2. The average Bonchev–Trinajstić information content (AvgIpc) is 3.06. The van der Waals surface area contributed by atoms with Crippen molar-refractivity contribution in [3.05, 3.63) is 131 Å². The van der Waals surface area contributed by atoms with Gasteiger partial charge in [0.05, 0.1) is 45.3 Å². The highest BCUT2D eigenvalue weighted by atomic mass is 16.4. The van der Waals surface area contributed by atoms with Gasteiger partial charge in [-0.1, -0.05) is 30.3 Å². The molecule has 0 bridgehead atoms. The van der Waals surface area contributed by atoms with Gasteiger partial charge in [-0.15, -0.1) is 0 Å². The van der Waals surface area contributed by atoms with Gasteiger partial charge in [0.1, 0.15) is 11.5 Å². The third-order valence-corrected chi connectivity index (χ3v) is 6.37. The summed E-state index contributed by atoms with van der Waals surface area (Å²) < 4.78 is 0. The van der Waals surface area contributed by atoms with Crippen LogP contribution in [0.25, 0.3) is 0 Å². The molecule has 12 nitrogen and oxygen atoms in total. The van der Waals surface area contributed by atoms with E-state index >= 15 is 0 Å². The van der Waals surface area contributed by atoms with Crippen molar-refractivity contribution in [1.29, 1.82) is 0 Å². The average molecular weight is 613 g/mol. The van der Waals surface area contributed by atoms with Crippen LogP contribution >= 0.6 is 0 Å². The molecule has 12 heteroatoms. The van der Waals surface area contributed by atoms with Crippen molar-refractivity contribution >= 4 is 58.5 Å². The van der Waals surface area contributed by atoms with Crippen molar-refractivity contribution in [3.63, 3.8) is 0 Å². The number of carboxylic acid groups (broad SMARTS) is 2. The van der Waals surface area contributed by atoms with Gasteiger partial charge in [0, 0.05) is 23.6 Å². The molecule has 0 saturated heterocycles. The first-order valence-electron chi connectivity index (χ1n) is 13.6. The number of aliphatic imine (C=N–C) groups is 2. The summed E-state index contributed by atoms with van der Waals surface area (Å²) in [5.74, 6) is -2.35. The van der Waals surface area contributed by atoms with Crippen LogP contribution in [-0.2, 0) is 0 Å². The number of phenols is 2. The lowest BCUT2D eigenvalue weighted by Crippen LogP contribution is -1.96. The molecule has 0 atom stereocenters. The number of aromatic hydroxyl groups is 2. The Morgan fingerprint density at radius 3 is 1.28 bits per heavy atom. The fourth-order valence-corrected chi connectivity index (χ4v) is 4.08. The summed E-state index contributed by atoms with van der Waals surface area (Å²) in [5.41, 5.74) is 2.99. The van der Waals surface area contributed by atoms with E-state index in [0.29, 0.717) is 33.9 Å². The second-order valence-electron chi connectivity index (χ2n) is 9.57. The Morgan fingerprint density at radius 1 is 0.478 bits per heavy atom. The first-order valence-corrected chi connectivity index (χ1v) is 13.6. The molecule has 0 saturated carbocycles. The van der Waals surface area contributed by atoms with E-state index in [0.717, 1.165) is 0 Å².